The highest BCUT2D eigenvalue weighted by Crippen LogP contribution is 2.71. The number of fused-ring (bicyclic) bond motifs is 5. The van der Waals surface area contributed by atoms with Gasteiger partial charge in [0.1, 0.15) is 11.7 Å². The minimum absolute atomic E-state index is 0.0677. The van der Waals surface area contributed by atoms with Crippen LogP contribution >= 0.6 is 0 Å². The second-order valence-electron chi connectivity index (χ2n) is 11.2. The van der Waals surface area contributed by atoms with Gasteiger partial charge in [-0.3, -0.25) is 4.79 Å². The first-order valence-electron chi connectivity index (χ1n) is 12.1. The smallest absolute Gasteiger partial charge is 0.335 e. The van der Waals surface area contributed by atoms with Gasteiger partial charge in [0.25, 0.3) is 0 Å². The Morgan fingerprint density at radius 3 is 2.55 bits per heavy atom. The van der Waals surface area contributed by atoms with E-state index in [0.717, 1.165) is 11.1 Å². The minimum atomic E-state index is -1.46. The van der Waals surface area contributed by atoms with Crippen molar-refractivity contribution < 1.29 is 29.3 Å². The fraction of sp³-hybridized carbons (Fsp3) is 0.692. The van der Waals surface area contributed by atoms with E-state index in [9.17, 15) is 24.9 Å². The number of carbonyl (C=O) groups is 1. The fourth-order valence-corrected chi connectivity index (χ4v) is 8.19. The van der Waals surface area contributed by atoms with Crippen molar-refractivity contribution in [1.29, 1.82) is 0 Å². The monoisotopic (exact) mass is 458 g/mol. The van der Waals surface area contributed by atoms with E-state index in [1.54, 1.807) is 12.1 Å². The molecule has 7 nitrogen and oxygen atoms in total. The van der Waals surface area contributed by atoms with Crippen LogP contribution in [-0.2, 0) is 9.53 Å². The topological polar surface area (TPSA) is 117 Å². The number of aliphatic hydroxyl groups is 3. The van der Waals surface area contributed by atoms with Crippen molar-refractivity contribution in [2.75, 3.05) is 0 Å². The van der Waals surface area contributed by atoms with Crippen molar-refractivity contribution in [2.24, 2.45) is 16.7 Å². The predicted octanol–water partition coefficient (Wildman–Crippen LogP) is 2.82. The molecule has 4 aliphatic rings. The second kappa shape index (κ2) is 7.27. The molecular formula is C26H34O7. The van der Waals surface area contributed by atoms with Gasteiger partial charge in [-0.05, 0) is 73.0 Å². The summed E-state index contributed by atoms with van der Waals surface area (Å²) in [6.45, 7) is 5.46. The van der Waals surface area contributed by atoms with E-state index in [1.807, 2.05) is 6.92 Å². The van der Waals surface area contributed by atoms with Gasteiger partial charge in [-0.2, -0.15) is 0 Å². The van der Waals surface area contributed by atoms with Gasteiger partial charge < -0.3 is 24.5 Å². The summed E-state index contributed by atoms with van der Waals surface area (Å²) in [4.78, 5) is 23.5. The molecule has 0 spiro atoms. The summed E-state index contributed by atoms with van der Waals surface area (Å²) in [6.07, 6.45) is 5.81. The normalized spacial score (nSPS) is 46.5. The van der Waals surface area contributed by atoms with Crippen molar-refractivity contribution in [3.63, 3.8) is 0 Å². The molecule has 7 heteroatoms. The fourth-order valence-electron chi connectivity index (χ4n) is 8.19. The van der Waals surface area contributed by atoms with E-state index in [4.69, 9.17) is 9.15 Å². The Bertz CT molecular complexity index is 1040. The van der Waals surface area contributed by atoms with Gasteiger partial charge in [0.15, 0.2) is 0 Å². The van der Waals surface area contributed by atoms with E-state index < -0.39 is 45.8 Å². The maximum atomic E-state index is 12.4. The third-order valence-electron chi connectivity index (χ3n) is 9.79. The predicted molar refractivity (Wildman–Crippen MR) is 119 cm³/mol. The number of esters is 1. The third kappa shape index (κ3) is 2.98. The van der Waals surface area contributed by atoms with Crippen LogP contribution in [0.3, 0.4) is 0 Å². The first kappa shape index (κ1) is 22.8. The average molecular weight is 459 g/mol. The number of aliphatic hydroxyl groups excluding tert-OH is 1. The molecule has 1 aromatic heterocycles. The van der Waals surface area contributed by atoms with E-state index in [0.29, 0.717) is 38.5 Å². The van der Waals surface area contributed by atoms with Crippen LogP contribution in [-0.4, -0.2) is 44.7 Å². The first-order chi connectivity index (χ1) is 15.4. The summed E-state index contributed by atoms with van der Waals surface area (Å²) in [7, 11) is 0. The van der Waals surface area contributed by atoms with Gasteiger partial charge in [0.05, 0.1) is 18.0 Å². The zero-order valence-corrected chi connectivity index (χ0v) is 19.5. The molecule has 0 amide bonds. The van der Waals surface area contributed by atoms with Crippen molar-refractivity contribution in [2.45, 2.75) is 95.0 Å². The van der Waals surface area contributed by atoms with Gasteiger partial charge >= 0.3 is 11.6 Å². The Labute approximate surface area is 193 Å². The molecule has 0 unspecified atom stereocenters. The molecule has 1 heterocycles. The minimum Gasteiger partial charge on any atom is -0.458 e. The number of rotatable bonds is 2. The lowest BCUT2D eigenvalue weighted by Crippen LogP contribution is -2.73. The number of carbonyl (C=O) groups excluding carboxylic acids is 1. The molecule has 1 aromatic rings. The van der Waals surface area contributed by atoms with Crippen LogP contribution in [0, 0.1) is 16.7 Å². The summed E-state index contributed by atoms with van der Waals surface area (Å²) < 4.78 is 10.8. The van der Waals surface area contributed by atoms with Gasteiger partial charge in [0.2, 0.25) is 0 Å². The maximum absolute atomic E-state index is 12.4. The van der Waals surface area contributed by atoms with E-state index in [-0.39, 0.29) is 18.3 Å². The molecule has 3 saturated carbocycles. The molecule has 33 heavy (non-hydrogen) atoms. The van der Waals surface area contributed by atoms with Crippen molar-refractivity contribution in [3.8, 4) is 0 Å². The summed E-state index contributed by atoms with van der Waals surface area (Å²) in [5.74, 6) is -0.734. The third-order valence-corrected chi connectivity index (χ3v) is 9.79. The SMILES string of the molecule is CC(=O)O[C@@H]1C[C@@]2(O)[C@H](CC[C@]3(C)[C@@H](c4ccc(=O)oc4)CC[C@]23O)[C@@]2(C)CC[C@H](O)C=C12. The highest BCUT2D eigenvalue weighted by molar-refractivity contribution is 5.66. The summed E-state index contributed by atoms with van der Waals surface area (Å²) in [5.41, 5.74) is -2.66. The van der Waals surface area contributed by atoms with Gasteiger partial charge in [-0.1, -0.05) is 19.9 Å². The Morgan fingerprint density at radius 1 is 1.12 bits per heavy atom. The molecule has 4 aliphatic carbocycles. The average Bonchev–Trinajstić information content (AvgIpc) is 3.02. The zero-order chi connectivity index (χ0) is 23.8. The number of ether oxygens (including phenoxy) is 1. The highest BCUT2D eigenvalue weighted by atomic mass is 16.5. The number of hydrogen-bond acceptors (Lipinski definition) is 7. The summed E-state index contributed by atoms with van der Waals surface area (Å²) in [6, 6.07) is 3.16. The molecular weight excluding hydrogens is 424 g/mol. The second-order valence-corrected chi connectivity index (χ2v) is 11.2. The summed E-state index contributed by atoms with van der Waals surface area (Å²) in [5, 5.41) is 35.1. The van der Waals surface area contributed by atoms with E-state index in [2.05, 4.69) is 6.92 Å². The van der Waals surface area contributed by atoms with Crippen LogP contribution in [0.15, 0.2) is 39.3 Å². The molecule has 180 valence electrons. The van der Waals surface area contributed by atoms with Crippen molar-refractivity contribution in [1.82, 2.24) is 0 Å². The Kier molecular flexibility index (Phi) is 5.02. The molecule has 3 N–H and O–H groups in total. The molecule has 0 aliphatic heterocycles. The van der Waals surface area contributed by atoms with Crippen LogP contribution in [0.4, 0.5) is 0 Å². The molecule has 8 atom stereocenters. The standard InChI is InChI=1S/C26H34O7/c1-15(27)33-20-13-25(30)21(23(2)9-6-17(28)12-19(20)23)8-10-24(3)18(7-11-26(24,25)31)16-4-5-22(29)32-14-16/h4-5,12,14,17-18,20-21,28,30-31H,6-11,13H2,1-3H3/t17-,18+,20+,21+,23-,24+,25+,26+/m0/s1. The molecule has 5 rings (SSSR count). The maximum Gasteiger partial charge on any atom is 0.335 e. The molecule has 0 aromatic carbocycles. The lowest BCUT2D eigenvalue weighted by atomic mass is 9.42. The van der Waals surface area contributed by atoms with Crippen LogP contribution in [0.2, 0.25) is 0 Å². The first-order valence-corrected chi connectivity index (χ1v) is 12.1. The Hall–Kier alpha value is -1.96. The van der Waals surface area contributed by atoms with E-state index >= 15 is 0 Å². The zero-order valence-electron chi connectivity index (χ0n) is 19.5. The lowest BCUT2D eigenvalue weighted by molar-refractivity contribution is -0.285. The number of hydrogen-bond donors (Lipinski definition) is 3. The van der Waals surface area contributed by atoms with Crippen molar-refractivity contribution in [3.05, 3.63) is 46.0 Å². The highest BCUT2D eigenvalue weighted by Gasteiger charge is 2.74. The quantitative estimate of drug-likeness (QED) is 0.461. The molecule has 3 fully saturated rings. The van der Waals surface area contributed by atoms with Crippen molar-refractivity contribution >= 4 is 5.97 Å². The molecule has 0 bridgehead atoms. The molecule has 0 radical (unpaired) electrons. The lowest BCUT2D eigenvalue weighted by Gasteiger charge is -2.66. The largest absolute Gasteiger partial charge is 0.458 e. The summed E-state index contributed by atoms with van der Waals surface area (Å²) >= 11 is 0. The van der Waals surface area contributed by atoms with E-state index in [1.165, 1.54) is 19.3 Å². The van der Waals surface area contributed by atoms with Gasteiger partial charge in [-0.15, -0.1) is 0 Å². The van der Waals surface area contributed by atoms with Crippen LogP contribution in [0.25, 0.3) is 0 Å². The van der Waals surface area contributed by atoms with Crippen LogP contribution in [0.1, 0.15) is 77.2 Å². The van der Waals surface area contributed by atoms with Crippen LogP contribution in [0.5, 0.6) is 0 Å². The van der Waals surface area contributed by atoms with Crippen LogP contribution < -0.4 is 5.63 Å². The Morgan fingerprint density at radius 2 is 1.88 bits per heavy atom. The Balaban J connectivity index is 1.60. The molecule has 0 saturated heterocycles. The van der Waals surface area contributed by atoms with Gasteiger partial charge in [0, 0.05) is 24.8 Å². The van der Waals surface area contributed by atoms with Gasteiger partial charge in [-0.25, -0.2) is 4.79 Å².